The van der Waals surface area contributed by atoms with Crippen molar-refractivity contribution in [3.63, 3.8) is 0 Å². The smallest absolute Gasteiger partial charge is 0.230 e. The zero-order valence-corrected chi connectivity index (χ0v) is 13.9. The van der Waals surface area contributed by atoms with E-state index in [0.29, 0.717) is 11.1 Å². The zero-order valence-electron chi connectivity index (χ0n) is 13.1. The van der Waals surface area contributed by atoms with Crippen LogP contribution in [0.1, 0.15) is 51.0 Å². The molecule has 1 aromatic carbocycles. The molecule has 3 rings (SSSR count). The minimum atomic E-state index is -0.344. The largest absolute Gasteiger partial charge is 0.378 e. The van der Waals surface area contributed by atoms with Crippen molar-refractivity contribution in [2.45, 2.75) is 63.0 Å². The molecule has 1 amide bonds. The molecule has 3 nitrogen and oxygen atoms in total. The fourth-order valence-corrected chi connectivity index (χ4v) is 3.49. The maximum absolute atomic E-state index is 12.7. The van der Waals surface area contributed by atoms with Crippen molar-refractivity contribution in [2.24, 2.45) is 0 Å². The lowest BCUT2D eigenvalue weighted by Gasteiger charge is -2.21. The molecule has 2 fully saturated rings. The molecule has 120 valence electrons. The summed E-state index contributed by atoms with van der Waals surface area (Å²) < 4.78 is 5.64. The van der Waals surface area contributed by atoms with E-state index < -0.39 is 0 Å². The Hall–Kier alpha value is -1.06. The topological polar surface area (TPSA) is 38.3 Å². The predicted octanol–water partition coefficient (Wildman–Crippen LogP) is 3.84. The predicted molar refractivity (Wildman–Crippen MR) is 88.2 cm³/mol. The van der Waals surface area contributed by atoms with Crippen LogP contribution in [-0.2, 0) is 14.9 Å². The van der Waals surface area contributed by atoms with Gasteiger partial charge in [-0.3, -0.25) is 4.79 Å². The highest BCUT2D eigenvalue weighted by Gasteiger charge is 2.51. The Morgan fingerprint density at radius 1 is 1.50 bits per heavy atom. The van der Waals surface area contributed by atoms with Crippen LogP contribution in [0.5, 0.6) is 0 Å². The third-order valence-electron chi connectivity index (χ3n) is 4.88. The molecule has 1 aliphatic heterocycles. The molecule has 2 atom stereocenters. The van der Waals surface area contributed by atoms with Gasteiger partial charge < -0.3 is 10.1 Å². The monoisotopic (exact) mass is 321 g/mol. The Bertz CT molecular complexity index is 536. The number of nitrogens with one attached hydrogen (secondary N) is 1. The second-order valence-corrected chi connectivity index (χ2v) is 7.12. The van der Waals surface area contributed by atoms with E-state index in [9.17, 15) is 4.79 Å². The van der Waals surface area contributed by atoms with Gasteiger partial charge in [-0.05, 0) is 63.1 Å². The number of amides is 1. The molecule has 1 saturated heterocycles. The van der Waals surface area contributed by atoms with E-state index in [0.717, 1.165) is 44.3 Å². The van der Waals surface area contributed by atoms with E-state index >= 15 is 0 Å². The second-order valence-electron chi connectivity index (χ2n) is 6.68. The lowest BCUT2D eigenvalue weighted by atomic mass is 9.94. The lowest BCUT2D eigenvalue weighted by Crippen LogP contribution is -2.40. The number of halogens is 1. The van der Waals surface area contributed by atoms with Crippen LogP contribution in [0.4, 0.5) is 0 Å². The molecule has 2 aliphatic rings. The summed E-state index contributed by atoms with van der Waals surface area (Å²) >= 11 is 6.07. The third kappa shape index (κ3) is 3.47. The standard InChI is InChI=1S/C18H24ClNO2/c1-13(7-8-16-6-3-11-22-16)20-17(21)18(9-10-18)14-4-2-5-15(19)12-14/h2,4-5,12-13,16H,3,6-11H2,1H3,(H,20,21). The zero-order chi connectivity index (χ0) is 15.6. The highest BCUT2D eigenvalue weighted by atomic mass is 35.5. The number of hydrogen-bond donors (Lipinski definition) is 1. The van der Waals surface area contributed by atoms with E-state index in [4.69, 9.17) is 16.3 Å². The summed E-state index contributed by atoms with van der Waals surface area (Å²) in [5.74, 6) is 0.148. The molecule has 0 aromatic heterocycles. The molecule has 0 radical (unpaired) electrons. The Morgan fingerprint density at radius 2 is 2.32 bits per heavy atom. The van der Waals surface area contributed by atoms with Crippen molar-refractivity contribution in [3.8, 4) is 0 Å². The average Bonchev–Trinajstić information content (AvgIpc) is 3.15. The molecule has 2 unspecified atom stereocenters. The minimum Gasteiger partial charge on any atom is -0.378 e. The van der Waals surface area contributed by atoms with E-state index in [1.165, 1.54) is 6.42 Å². The van der Waals surface area contributed by atoms with Gasteiger partial charge in [0, 0.05) is 17.7 Å². The van der Waals surface area contributed by atoms with Gasteiger partial charge in [0.25, 0.3) is 0 Å². The molecular weight excluding hydrogens is 298 g/mol. The quantitative estimate of drug-likeness (QED) is 0.864. The molecule has 1 aromatic rings. The lowest BCUT2D eigenvalue weighted by molar-refractivity contribution is -0.124. The minimum absolute atomic E-state index is 0.148. The van der Waals surface area contributed by atoms with Crippen LogP contribution < -0.4 is 5.32 Å². The highest BCUT2D eigenvalue weighted by Crippen LogP contribution is 2.49. The molecule has 0 spiro atoms. The van der Waals surface area contributed by atoms with Crippen LogP contribution in [-0.4, -0.2) is 24.7 Å². The number of benzene rings is 1. The molecule has 1 N–H and O–H groups in total. The van der Waals surface area contributed by atoms with Gasteiger partial charge in [0.2, 0.25) is 5.91 Å². The van der Waals surface area contributed by atoms with Crippen molar-refractivity contribution in [1.29, 1.82) is 0 Å². The van der Waals surface area contributed by atoms with Gasteiger partial charge in [0.05, 0.1) is 11.5 Å². The van der Waals surface area contributed by atoms with Gasteiger partial charge in [-0.15, -0.1) is 0 Å². The molecular formula is C18H24ClNO2. The van der Waals surface area contributed by atoms with Crippen molar-refractivity contribution in [2.75, 3.05) is 6.61 Å². The first-order chi connectivity index (χ1) is 10.6. The summed E-state index contributed by atoms with van der Waals surface area (Å²) in [6.07, 6.45) is 6.56. The number of rotatable bonds is 6. The van der Waals surface area contributed by atoms with Gasteiger partial charge in [-0.25, -0.2) is 0 Å². The first kappa shape index (κ1) is 15.8. The number of hydrogen-bond acceptors (Lipinski definition) is 2. The first-order valence-electron chi connectivity index (χ1n) is 8.29. The maximum Gasteiger partial charge on any atom is 0.230 e. The number of ether oxygens (including phenoxy) is 1. The normalized spacial score (nSPS) is 24.0. The Morgan fingerprint density at radius 3 is 2.95 bits per heavy atom. The summed E-state index contributed by atoms with van der Waals surface area (Å²) in [4.78, 5) is 12.7. The maximum atomic E-state index is 12.7. The summed E-state index contributed by atoms with van der Waals surface area (Å²) in [5.41, 5.74) is 0.701. The van der Waals surface area contributed by atoms with Gasteiger partial charge in [-0.1, -0.05) is 23.7 Å². The number of carbonyl (C=O) groups is 1. The molecule has 1 heterocycles. The van der Waals surface area contributed by atoms with Gasteiger partial charge >= 0.3 is 0 Å². The van der Waals surface area contributed by atoms with E-state index in [1.54, 1.807) is 0 Å². The summed E-state index contributed by atoms with van der Waals surface area (Å²) in [7, 11) is 0. The van der Waals surface area contributed by atoms with Crippen LogP contribution in [0.25, 0.3) is 0 Å². The van der Waals surface area contributed by atoms with Crippen LogP contribution in [0.2, 0.25) is 5.02 Å². The van der Waals surface area contributed by atoms with Crippen molar-refractivity contribution in [3.05, 3.63) is 34.9 Å². The fourth-order valence-electron chi connectivity index (χ4n) is 3.30. The summed E-state index contributed by atoms with van der Waals surface area (Å²) in [6.45, 7) is 2.98. The Kier molecular flexibility index (Phi) is 4.74. The molecule has 1 saturated carbocycles. The SMILES string of the molecule is CC(CCC1CCCO1)NC(=O)C1(c2cccc(Cl)c2)CC1. The van der Waals surface area contributed by atoms with Crippen LogP contribution in [0.15, 0.2) is 24.3 Å². The number of carbonyl (C=O) groups excluding carboxylic acids is 1. The van der Waals surface area contributed by atoms with Gasteiger partial charge in [0.1, 0.15) is 0 Å². The van der Waals surface area contributed by atoms with Crippen LogP contribution >= 0.6 is 11.6 Å². The molecule has 1 aliphatic carbocycles. The highest BCUT2D eigenvalue weighted by molar-refractivity contribution is 6.30. The van der Waals surface area contributed by atoms with Crippen molar-refractivity contribution >= 4 is 17.5 Å². The van der Waals surface area contributed by atoms with Crippen LogP contribution in [0.3, 0.4) is 0 Å². The van der Waals surface area contributed by atoms with Crippen molar-refractivity contribution in [1.82, 2.24) is 5.32 Å². The summed E-state index contributed by atoms with van der Waals surface area (Å²) in [5, 5.41) is 3.88. The van der Waals surface area contributed by atoms with Crippen molar-refractivity contribution < 1.29 is 9.53 Å². The van der Waals surface area contributed by atoms with Gasteiger partial charge in [0.15, 0.2) is 0 Å². The molecule has 4 heteroatoms. The Labute approximate surface area is 137 Å². The Balaban J connectivity index is 1.54. The van der Waals surface area contributed by atoms with E-state index in [2.05, 4.69) is 12.2 Å². The molecule has 22 heavy (non-hydrogen) atoms. The first-order valence-corrected chi connectivity index (χ1v) is 8.66. The fraction of sp³-hybridized carbons (Fsp3) is 0.611. The van der Waals surface area contributed by atoms with Crippen LogP contribution in [0, 0.1) is 0 Å². The van der Waals surface area contributed by atoms with E-state index in [-0.39, 0.29) is 17.4 Å². The average molecular weight is 322 g/mol. The third-order valence-corrected chi connectivity index (χ3v) is 5.12. The second kappa shape index (κ2) is 6.59. The van der Waals surface area contributed by atoms with E-state index in [1.807, 2.05) is 24.3 Å². The molecule has 0 bridgehead atoms. The summed E-state index contributed by atoms with van der Waals surface area (Å²) in [6, 6.07) is 7.89. The van der Waals surface area contributed by atoms with Gasteiger partial charge in [-0.2, -0.15) is 0 Å².